The largest absolute Gasteiger partial charge is 0.208 e. The standard InChI is InChI=1S/C46H31N3S/c1-3-15-33(16-4-1)44-47-45(34-17-5-2-6-18-34)49-46(48-44)38-22-10-14-32(29-38)27-31-13-9-19-35(28-31)36-20-11-21-37(30-36)39-24-12-25-41-40-23-7-8-26-42(40)50-43(39)41/h1-26,28-30H,27H2. The highest BCUT2D eigenvalue weighted by Crippen LogP contribution is 2.40. The summed E-state index contributed by atoms with van der Waals surface area (Å²) in [4.78, 5) is 14.7. The van der Waals surface area contributed by atoms with Gasteiger partial charge in [-0.05, 0) is 58.0 Å². The number of benzene rings is 7. The zero-order valence-electron chi connectivity index (χ0n) is 27.2. The van der Waals surface area contributed by atoms with Crippen molar-refractivity contribution in [1.82, 2.24) is 15.0 Å². The van der Waals surface area contributed by atoms with Gasteiger partial charge in [-0.2, -0.15) is 0 Å². The van der Waals surface area contributed by atoms with E-state index >= 15 is 0 Å². The molecule has 0 bridgehead atoms. The van der Waals surface area contributed by atoms with E-state index in [9.17, 15) is 0 Å². The summed E-state index contributed by atoms with van der Waals surface area (Å²) in [5, 5.41) is 2.65. The molecule has 3 nitrogen and oxygen atoms in total. The molecule has 0 N–H and O–H groups in total. The maximum Gasteiger partial charge on any atom is 0.164 e. The van der Waals surface area contributed by atoms with Crippen LogP contribution in [0.4, 0.5) is 0 Å². The maximum absolute atomic E-state index is 4.94. The first-order chi connectivity index (χ1) is 24.7. The average Bonchev–Trinajstić information content (AvgIpc) is 3.58. The number of aromatic nitrogens is 3. The zero-order valence-corrected chi connectivity index (χ0v) is 28.0. The SMILES string of the molecule is c1ccc(-c2nc(-c3ccccc3)nc(-c3cccc(Cc4cccc(-c5cccc(-c6cccc7c6sc6ccccc67)c5)c4)c3)n2)cc1. The number of nitrogens with zero attached hydrogens (tertiary/aromatic N) is 3. The van der Waals surface area contributed by atoms with Crippen LogP contribution in [0.15, 0.2) is 176 Å². The van der Waals surface area contributed by atoms with Gasteiger partial charge >= 0.3 is 0 Å². The minimum Gasteiger partial charge on any atom is -0.208 e. The molecular weight excluding hydrogens is 627 g/mol. The summed E-state index contributed by atoms with van der Waals surface area (Å²) in [6, 6.07) is 62.0. The van der Waals surface area contributed by atoms with Gasteiger partial charge in [0.05, 0.1) is 0 Å². The second-order valence-corrected chi connectivity index (χ2v) is 13.5. The first kappa shape index (κ1) is 29.9. The van der Waals surface area contributed by atoms with Crippen molar-refractivity contribution in [3.05, 3.63) is 187 Å². The van der Waals surface area contributed by atoms with Gasteiger partial charge in [0.25, 0.3) is 0 Å². The highest BCUT2D eigenvalue weighted by Gasteiger charge is 2.14. The van der Waals surface area contributed by atoms with Crippen LogP contribution in [0.3, 0.4) is 0 Å². The fraction of sp³-hybridized carbons (Fsp3) is 0.0217. The predicted molar refractivity (Wildman–Crippen MR) is 209 cm³/mol. The molecule has 9 rings (SSSR count). The molecule has 0 fully saturated rings. The third kappa shape index (κ3) is 5.87. The highest BCUT2D eigenvalue weighted by molar-refractivity contribution is 7.26. The molecule has 2 heterocycles. The van der Waals surface area contributed by atoms with Gasteiger partial charge in [0, 0.05) is 36.9 Å². The van der Waals surface area contributed by atoms with E-state index in [4.69, 9.17) is 15.0 Å². The molecule has 0 amide bonds. The molecule has 236 valence electrons. The second-order valence-electron chi connectivity index (χ2n) is 12.5. The van der Waals surface area contributed by atoms with E-state index in [2.05, 4.69) is 115 Å². The maximum atomic E-state index is 4.94. The van der Waals surface area contributed by atoms with Crippen molar-refractivity contribution >= 4 is 31.5 Å². The lowest BCUT2D eigenvalue weighted by Gasteiger charge is -2.11. The van der Waals surface area contributed by atoms with Gasteiger partial charge in [0.15, 0.2) is 17.5 Å². The van der Waals surface area contributed by atoms with Crippen LogP contribution < -0.4 is 0 Å². The highest BCUT2D eigenvalue weighted by atomic mass is 32.1. The summed E-state index contributed by atoms with van der Waals surface area (Å²) in [6.07, 6.45) is 0.796. The van der Waals surface area contributed by atoms with Crippen molar-refractivity contribution in [2.45, 2.75) is 6.42 Å². The smallest absolute Gasteiger partial charge is 0.164 e. The van der Waals surface area contributed by atoms with Crippen molar-refractivity contribution in [3.8, 4) is 56.4 Å². The second kappa shape index (κ2) is 13.0. The van der Waals surface area contributed by atoms with Gasteiger partial charge in [-0.3, -0.25) is 0 Å². The van der Waals surface area contributed by atoms with Gasteiger partial charge in [0.1, 0.15) is 0 Å². The van der Waals surface area contributed by atoms with Crippen LogP contribution in [0.1, 0.15) is 11.1 Å². The molecule has 0 radical (unpaired) electrons. The molecule has 2 aromatic heterocycles. The Bertz CT molecular complexity index is 2570. The molecule has 7 aromatic carbocycles. The summed E-state index contributed by atoms with van der Waals surface area (Å²) >= 11 is 1.87. The van der Waals surface area contributed by atoms with Crippen LogP contribution in [-0.4, -0.2) is 15.0 Å². The molecule has 0 aliphatic heterocycles. The van der Waals surface area contributed by atoms with E-state index < -0.39 is 0 Å². The van der Waals surface area contributed by atoms with Crippen LogP contribution in [0.25, 0.3) is 76.6 Å². The molecule has 0 spiro atoms. The molecule has 0 atom stereocenters. The Labute approximate surface area is 295 Å². The summed E-state index contributed by atoms with van der Waals surface area (Å²) in [5.41, 5.74) is 10.3. The summed E-state index contributed by atoms with van der Waals surface area (Å²) in [6.45, 7) is 0. The summed E-state index contributed by atoms with van der Waals surface area (Å²) in [7, 11) is 0. The van der Waals surface area contributed by atoms with E-state index in [1.54, 1.807) is 0 Å². The number of hydrogen-bond acceptors (Lipinski definition) is 4. The average molecular weight is 658 g/mol. The minimum atomic E-state index is 0.665. The third-order valence-electron chi connectivity index (χ3n) is 9.13. The van der Waals surface area contributed by atoms with Crippen LogP contribution in [-0.2, 0) is 6.42 Å². The van der Waals surface area contributed by atoms with Crippen molar-refractivity contribution in [2.24, 2.45) is 0 Å². The van der Waals surface area contributed by atoms with Gasteiger partial charge < -0.3 is 0 Å². The van der Waals surface area contributed by atoms with Crippen molar-refractivity contribution in [3.63, 3.8) is 0 Å². The number of hydrogen-bond donors (Lipinski definition) is 0. The van der Waals surface area contributed by atoms with E-state index in [0.29, 0.717) is 17.5 Å². The summed E-state index contributed by atoms with van der Waals surface area (Å²) in [5.74, 6) is 2.00. The molecule has 0 saturated carbocycles. The lowest BCUT2D eigenvalue weighted by Crippen LogP contribution is -2.00. The minimum absolute atomic E-state index is 0.665. The third-order valence-corrected chi connectivity index (χ3v) is 10.4. The lowest BCUT2D eigenvalue weighted by molar-refractivity contribution is 1.07. The van der Waals surface area contributed by atoms with Crippen LogP contribution in [0.2, 0.25) is 0 Å². The Morgan fingerprint density at radius 1 is 0.360 bits per heavy atom. The lowest BCUT2D eigenvalue weighted by atomic mass is 9.95. The molecule has 9 aromatic rings. The first-order valence-corrected chi connectivity index (χ1v) is 17.6. The Morgan fingerprint density at radius 3 is 1.54 bits per heavy atom. The molecule has 0 aliphatic carbocycles. The Morgan fingerprint density at radius 2 is 0.840 bits per heavy atom. The first-order valence-electron chi connectivity index (χ1n) is 16.8. The van der Waals surface area contributed by atoms with Crippen LogP contribution in [0, 0.1) is 0 Å². The molecule has 4 heteroatoms. The number of fused-ring (bicyclic) bond motifs is 3. The Balaban J connectivity index is 1.03. The molecule has 50 heavy (non-hydrogen) atoms. The summed E-state index contributed by atoms with van der Waals surface area (Å²) < 4.78 is 2.66. The van der Waals surface area contributed by atoms with Crippen LogP contribution >= 0.6 is 11.3 Å². The van der Waals surface area contributed by atoms with Gasteiger partial charge in [-0.15, -0.1) is 11.3 Å². The molecular formula is C46H31N3S. The van der Waals surface area contributed by atoms with Crippen molar-refractivity contribution in [1.29, 1.82) is 0 Å². The van der Waals surface area contributed by atoms with E-state index in [0.717, 1.165) is 23.1 Å². The quantitative estimate of drug-likeness (QED) is 0.171. The van der Waals surface area contributed by atoms with E-state index in [1.807, 2.05) is 72.0 Å². The predicted octanol–water partition coefficient (Wildman–Crippen LogP) is 12.2. The number of rotatable bonds is 7. The molecule has 0 unspecified atom stereocenters. The fourth-order valence-corrected chi connectivity index (χ4v) is 7.93. The normalized spacial score (nSPS) is 11.3. The zero-order chi connectivity index (χ0) is 33.3. The van der Waals surface area contributed by atoms with Gasteiger partial charge in [0.2, 0.25) is 0 Å². The number of thiophene rings is 1. The fourth-order valence-electron chi connectivity index (χ4n) is 6.70. The Kier molecular flexibility index (Phi) is 7.77. The van der Waals surface area contributed by atoms with E-state index in [1.165, 1.54) is 53.6 Å². The van der Waals surface area contributed by atoms with Crippen molar-refractivity contribution < 1.29 is 0 Å². The van der Waals surface area contributed by atoms with Gasteiger partial charge in [-0.25, -0.2) is 15.0 Å². The van der Waals surface area contributed by atoms with E-state index in [-0.39, 0.29) is 0 Å². The molecule has 0 aliphatic rings. The van der Waals surface area contributed by atoms with Crippen LogP contribution in [0.5, 0.6) is 0 Å². The van der Waals surface area contributed by atoms with Crippen molar-refractivity contribution in [2.75, 3.05) is 0 Å². The molecule has 0 saturated heterocycles. The monoisotopic (exact) mass is 657 g/mol. The van der Waals surface area contributed by atoms with Gasteiger partial charge in [-0.1, -0.05) is 158 Å². The Hall–Kier alpha value is -6.23. The topological polar surface area (TPSA) is 38.7 Å².